The van der Waals surface area contributed by atoms with Gasteiger partial charge >= 0.3 is 0 Å². The maximum Gasteiger partial charge on any atom is 0.256 e. The Kier molecular flexibility index (Phi) is 8.10. The van der Waals surface area contributed by atoms with Gasteiger partial charge in [0.15, 0.2) is 0 Å². The molecule has 1 fully saturated rings. The third-order valence-corrected chi connectivity index (χ3v) is 5.65. The van der Waals surface area contributed by atoms with E-state index in [1.807, 2.05) is 18.2 Å². The molecule has 3 rings (SSSR count). The van der Waals surface area contributed by atoms with Gasteiger partial charge in [-0.25, -0.2) is 0 Å². The van der Waals surface area contributed by atoms with E-state index in [1.54, 1.807) is 49.2 Å². The van der Waals surface area contributed by atoms with Crippen LogP contribution < -0.4 is 10.6 Å². The Bertz CT molecular complexity index is 837. The molecule has 2 aromatic carbocycles. The minimum atomic E-state index is -0.245. The number of methoxy groups -OCH3 is 1. The fourth-order valence-electron chi connectivity index (χ4n) is 3.10. The summed E-state index contributed by atoms with van der Waals surface area (Å²) in [5.41, 5.74) is 1.49. The molecule has 1 saturated heterocycles. The van der Waals surface area contributed by atoms with Gasteiger partial charge in [0.05, 0.1) is 29.5 Å². The van der Waals surface area contributed by atoms with Gasteiger partial charge < -0.3 is 20.1 Å². The summed E-state index contributed by atoms with van der Waals surface area (Å²) >= 11 is 1.56. The number of nitrogens with one attached hydrogen (secondary N) is 2. The third kappa shape index (κ3) is 6.06. The number of ether oxygens (including phenoxy) is 2. The quantitative estimate of drug-likeness (QED) is 0.484. The second-order valence-corrected chi connectivity index (χ2v) is 7.82. The third-order valence-electron chi connectivity index (χ3n) is 4.61. The van der Waals surface area contributed by atoms with E-state index in [1.165, 1.54) is 0 Å². The van der Waals surface area contributed by atoms with Gasteiger partial charge in [0.1, 0.15) is 0 Å². The lowest BCUT2D eigenvalue weighted by atomic mass is 10.1. The zero-order valence-electron chi connectivity index (χ0n) is 16.5. The zero-order valence-corrected chi connectivity index (χ0v) is 17.3. The molecule has 0 bridgehead atoms. The van der Waals surface area contributed by atoms with E-state index in [9.17, 15) is 9.59 Å². The van der Waals surface area contributed by atoms with Crippen LogP contribution in [0.25, 0.3) is 0 Å². The number of para-hydroxylation sites is 1. The highest BCUT2D eigenvalue weighted by Crippen LogP contribution is 2.24. The Balaban J connectivity index is 1.68. The number of hydrogen-bond donors (Lipinski definition) is 2. The maximum absolute atomic E-state index is 12.9. The predicted molar refractivity (Wildman–Crippen MR) is 115 cm³/mol. The standard InChI is InChI=1S/C22H26N2O4S/c1-27-13-14-29-20-11-5-3-9-18(20)22(26)24-19-10-4-2-8-17(19)21(25)23-15-16-7-6-12-28-16/h2-5,8-11,16H,6-7,12-15H2,1H3,(H,23,25)(H,24,26). The summed E-state index contributed by atoms with van der Waals surface area (Å²) in [7, 11) is 1.65. The summed E-state index contributed by atoms with van der Waals surface area (Å²) in [6.45, 7) is 1.82. The van der Waals surface area contributed by atoms with Crippen molar-refractivity contribution in [2.24, 2.45) is 0 Å². The van der Waals surface area contributed by atoms with Crippen LogP contribution in [-0.4, -0.2) is 50.5 Å². The van der Waals surface area contributed by atoms with Crippen molar-refractivity contribution >= 4 is 29.3 Å². The van der Waals surface area contributed by atoms with Gasteiger partial charge in [-0.2, -0.15) is 0 Å². The molecule has 0 radical (unpaired) electrons. The Hall–Kier alpha value is -2.35. The Labute approximate surface area is 175 Å². The van der Waals surface area contributed by atoms with Crippen molar-refractivity contribution in [3.8, 4) is 0 Å². The summed E-state index contributed by atoms with van der Waals surface area (Å²) in [4.78, 5) is 26.4. The molecular formula is C22H26N2O4S. The molecule has 1 unspecified atom stereocenters. The highest BCUT2D eigenvalue weighted by Gasteiger charge is 2.19. The summed E-state index contributed by atoms with van der Waals surface area (Å²) in [6, 6.07) is 14.4. The van der Waals surface area contributed by atoms with E-state index in [2.05, 4.69) is 10.6 Å². The van der Waals surface area contributed by atoms with Crippen LogP contribution in [-0.2, 0) is 9.47 Å². The van der Waals surface area contributed by atoms with Crippen LogP contribution in [0.1, 0.15) is 33.6 Å². The van der Waals surface area contributed by atoms with Crippen LogP contribution in [0.15, 0.2) is 53.4 Å². The van der Waals surface area contributed by atoms with Gasteiger partial charge in [0.25, 0.3) is 11.8 Å². The molecule has 6 nitrogen and oxygen atoms in total. The Morgan fingerprint density at radius 2 is 1.86 bits per heavy atom. The van der Waals surface area contributed by atoms with Crippen molar-refractivity contribution in [3.05, 3.63) is 59.7 Å². The summed E-state index contributed by atoms with van der Waals surface area (Å²) in [5, 5.41) is 5.80. The van der Waals surface area contributed by atoms with Crippen molar-refractivity contribution in [3.63, 3.8) is 0 Å². The predicted octanol–water partition coefficient (Wildman–Crippen LogP) is 3.59. The lowest BCUT2D eigenvalue weighted by Gasteiger charge is -2.14. The summed E-state index contributed by atoms with van der Waals surface area (Å²) in [5.74, 6) is 0.285. The van der Waals surface area contributed by atoms with E-state index in [4.69, 9.17) is 9.47 Å². The zero-order chi connectivity index (χ0) is 20.5. The van der Waals surface area contributed by atoms with Gasteiger partial charge in [-0.3, -0.25) is 9.59 Å². The number of benzene rings is 2. The van der Waals surface area contributed by atoms with Crippen LogP contribution in [0, 0.1) is 0 Å². The lowest BCUT2D eigenvalue weighted by molar-refractivity contribution is 0.0858. The van der Waals surface area contributed by atoms with Gasteiger partial charge in [-0.05, 0) is 37.1 Å². The van der Waals surface area contributed by atoms with Gasteiger partial charge in [0.2, 0.25) is 0 Å². The summed E-state index contributed by atoms with van der Waals surface area (Å²) in [6.07, 6.45) is 2.04. The minimum absolute atomic E-state index is 0.0664. The van der Waals surface area contributed by atoms with E-state index < -0.39 is 0 Å². The van der Waals surface area contributed by atoms with E-state index in [0.717, 1.165) is 30.1 Å². The van der Waals surface area contributed by atoms with Crippen molar-refractivity contribution in [2.45, 2.75) is 23.8 Å². The molecular weight excluding hydrogens is 388 g/mol. The van der Waals surface area contributed by atoms with Crippen LogP contribution in [0.2, 0.25) is 0 Å². The number of amides is 2. The molecule has 154 valence electrons. The smallest absolute Gasteiger partial charge is 0.256 e. The lowest BCUT2D eigenvalue weighted by Crippen LogP contribution is -2.32. The van der Waals surface area contributed by atoms with E-state index in [-0.39, 0.29) is 17.9 Å². The number of carbonyl (C=O) groups excluding carboxylic acids is 2. The van der Waals surface area contributed by atoms with Crippen LogP contribution in [0.3, 0.4) is 0 Å². The van der Waals surface area contributed by atoms with Crippen LogP contribution >= 0.6 is 11.8 Å². The molecule has 7 heteroatoms. The number of anilines is 1. The molecule has 1 aliphatic heterocycles. The van der Waals surface area contributed by atoms with Crippen molar-refractivity contribution in [1.82, 2.24) is 5.32 Å². The first-order valence-corrected chi connectivity index (χ1v) is 10.7. The molecule has 0 aromatic heterocycles. The number of thioether (sulfide) groups is 1. The molecule has 2 amide bonds. The number of hydrogen-bond acceptors (Lipinski definition) is 5. The molecule has 29 heavy (non-hydrogen) atoms. The van der Waals surface area contributed by atoms with Gasteiger partial charge in [-0.15, -0.1) is 11.8 Å². The Morgan fingerprint density at radius 3 is 2.62 bits per heavy atom. The minimum Gasteiger partial charge on any atom is -0.384 e. The normalized spacial score (nSPS) is 15.8. The fraction of sp³-hybridized carbons (Fsp3) is 0.364. The molecule has 1 atom stereocenters. The van der Waals surface area contributed by atoms with Gasteiger partial charge in [0, 0.05) is 30.9 Å². The maximum atomic E-state index is 12.9. The van der Waals surface area contributed by atoms with E-state index in [0.29, 0.717) is 30.0 Å². The van der Waals surface area contributed by atoms with E-state index >= 15 is 0 Å². The highest BCUT2D eigenvalue weighted by atomic mass is 32.2. The highest BCUT2D eigenvalue weighted by molar-refractivity contribution is 7.99. The molecule has 1 aliphatic rings. The monoisotopic (exact) mass is 414 g/mol. The molecule has 0 spiro atoms. The largest absolute Gasteiger partial charge is 0.384 e. The van der Waals surface area contributed by atoms with Crippen molar-refractivity contribution in [2.75, 3.05) is 37.9 Å². The van der Waals surface area contributed by atoms with Crippen LogP contribution in [0.4, 0.5) is 5.69 Å². The first-order valence-electron chi connectivity index (χ1n) is 9.70. The molecule has 0 aliphatic carbocycles. The topological polar surface area (TPSA) is 76.7 Å². The van der Waals surface area contributed by atoms with Gasteiger partial charge in [-0.1, -0.05) is 24.3 Å². The van der Waals surface area contributed by atoms with Crippen molar-refractivity contribution < 1.29 is 19.1 Å². The molecule has 2 N–H and O–H groups in total. The average molecular weight is 415 g/mol. The first kappa shape index (κ1) is 21.4. The SMILES string of the molecule is COCCSc1ccccc1C(=O)Nc1ccccc1C(=O)NCC1CCCO1. The first-order chi connectivity index (χ1) is 14.2. The second kappa shape index (κ2) is 11.0. The number of carbonyl (C=O) groups is 2. The second-order valence-electron chi connectivity index (χ2n) is 6.68. The molecule has 0 saturated carbocycles. The molecule has 2 aromatic rings. The number of rotatable bonds is 9. The Morgan fingerprint density at radius 1 is 1.10 bits per heavy atom. The van der Waals surface area contributed by atoms with Crippen molar-refractivity contribution in [1.29, 1.82) is 0 Å². The summed E-state index contributed by atoms with van der Waals surface area (Å²) < 4.78 is 10.6. The fourth-order valence-corrected chi connectivity index (χ4v) is 4.06. The average Bonchev–Trinajstić information content (AvgIpc) is 3.26. The molecule has 1 heterocycles. The van der Waals surface area contributed by atoms with Crippen LogP contribution in [0.5, 0.6) is 0 Å².